The van der Waals surface area contributed by atoms with Crippen molar-refractivity contribution < 1.29 is 28.7 Å². The highest BCUT2D eigenvalue weighted by molar-refractivity contribution is 5.97. The van der Waals surface area contributed by atoms with Crippen LogP contribution in [0.15, 0.2) is 71.8 Å². The van der Waals surface area contributed by atoms with Gasteiger partial charge in [-0.2, -0.15) is 5.10 Å². The molecule has 0 fully saturated rings. The summed E-state index contributed by atoms with van der Waals surface area (Å²) in [4.78, 5) is 34.4. The van der Waals surface area contributed by atoms with Crippen LogP contribution in [0.2, 0.25) is 0 Å². The lowest BCUT2D eigenvalue weighted by atomic mass is 10.2. The molecule has 11 nitrogen and oxygen atoms in total. The molecule has 0 saturated heterocycles. The van der Waals surface area contributed by atoms with Crippen molar-refractivity contribution in [1.29, 1.82) is 0 Å². The molecule has 2 amide bonds. The van der Waals surface area contributed by atoms with Crippen LogP contribution in [0.4, 0.5) is 5.69 Å². The quantitative estimate of drug-likeness (QED) is 0.275. The monoisotopic (exact) mass is 476 g/mol. The van der Waals surface area contributed by atoms with Crippen molar-refractivity contribution in [2.75, 3.05) is 13.3 Å². The lowest BCUT2D eigenvalue weighted by Crippen LogP contribution is -2.34. The second-order valence-electron chi connectivity index (χ2n) is 7.33. The first-order chi connectivity index (χ1) is 17.0. The van der Waals surface area contributed by atoms with Gasteiger partial charge in [0, 0.05) is 17.7 Å². The predicted molar refractivity (Wildman–Crippen MR) is 125 cm³/mol. The van der Waals surface area contributed by atoms with E-state index in [1.165, 1.54) is 18.3 Å². The maximum Gasteiger partial charge on any atom is 0.269 e. The number of non-ortho nitro benzene ring substituents is 1. The molecule has 35 heavy (non-hydrogen) atoms. The van der Waals surface area contributed by atoms with Crippen LogP contribution in [0.1, 0.15) is 21.5 Å². The van der Waals surface area contributed by atoms with Crippen LogP contribution in [0.3, 0.4) is 0 Å². The first kappa shape index (κ1) is 23.2. The molecule has 0 radical (unpaired) electrons. The average molecular weight is 476 g/mol. The molecular formula is C24H20N4O7. The molecule has 0 aromatic heterocycles. The van der Waals surface area contributed by atoms with Crippen molar-refractivity contribution in [1.82, 2.24) is 10.7 Å². The highest BCUT2D eigenvalue weighted by Crippen LogP contribution is 2.32. The molecule has 0 aliphatic carbocycles. The van der Waals surface area contributed by atoms with E-state index in [9.17, 15) is 19.7 Å². The summed E-state index contributed by atoms with van der Waals surface area (Å²) in [6.45, 7) is 0.123. The fourth-order valence-corrected chi connectivity index (χ4v) is 3.05. The molecule has 4 rings (SSSR count). The molecule has 0 unspecified atom stereocenters. The maximum atomic E-state index is 12.2. The van der Waals surface area contributed by atoms with Gasteiger partial charge in [0.2, 0.25) is 6.79 Å². The molecule has 1 aliphatic rings. The zero-order chi connectivity index (χ0) is 24.6. The van der Waals surface area contributed by atoms with Gasteiger partial charge >= 0.3 is 0 Å². The first-order valence-corrected chi connectivity index (χ1v) is 10.4. The Morgan fingerprint density at radius 3 is 2.51 bits per heavy atom. The minimum atomic E-state index is -0.488. The second-order valence-corrected chi connectivity index (χ2v) is 7.33. The Balaban J connectivity index is 1.19. The van der Waals surface area contributed by atoms with E-state index in [0.29, 0.717) is 22.8 Å². The van der Waals surface area contributed by atoms with Crippen molar-refractivity contribution >= 4 is 23.7 Å². The summed E-state index contributed by atoms with van der Waals surface area (Å²) in [5, 5.41) is 17.1. The fourth-order valence-electron chi connectivity index (χ4n) is 3.05. The molecule has 0 spiro atoms. The highest BCUT2D eigenvalue weighted by atomic mass is 16.7. The number of ether oxygens (including phenoxy) is 3. The normalized spacial score (nSPS) is 11.8. The van der Waals surface area contributed by atoms with Crippen molar-refractivity contribution in [3.63, 3.8) is 0 Å². The second kappa shape index (κ2) is 10.8. The minimum absolute atomic E-state index is 0.0246. The van der Waals surface area contributed by atoms with Crippen molar-refractivity contribution in [2.45, 2.75) is 6.61 Å². The number of rotatable bonds is 9. The molecule has 178 valence electrons. The Hall–Kier alpha value is -4.93. The number of benzene rings is 3. The van der Waals surface area contributed by atoms with E-state index in [-0.39, 0.29) is 25.6 Å². The van der Waals surface area contributed by atoms with Gasteiger partial charge < -0.3 is 19.5 Å². The molecular weight excluding hydrogens is 456 g/mol. The van der Waals surface area contributed by atoms with Crippen LogP contribution in [0.5, 0.6) is 17.2 Å². The van der Waals surface area contributed by atoms with Gasteiger partial charge in [-0.25, -0.2) is 5.43 Å². The zero-order valence-corrected chi connectivity index (χ0v) is 18.3. The molecule has 1 aliphatic heterocycles. The van der Waals surface area contributed by atoms with E-state index in [4.69, 9.17) is 14.2 Å². The van der Waals surface area contributed by atoms with Crippen LogP contribution in [-0.2, 0) is 11.4 Å². The van der Waals surface area contributed by atoms with Crippen LogP contribution in [0.25, 0.3) is 0 Å². The average Bonchev–Trinajstić information content (AvgIpc) is 3.35. The number of amides is 2. The summed E-state index contributed by atoms with van der Waals surface area (Å²) < 4.78 is 16.1. The van der Waals surface area contributed by atoms with Crippen LogP contribution in [-0.4, -0.2) is 36.3 Å². The van der Waals surface area contributed by atoms with Crippen molar-refractivity contribution in [2.24, 2.45) is 5.10 Å². The summed E-state index contributed by atoms with van der Waals surface area (Å²) in [6, 6.07) is 17.9. The van der Waals surface area contributed by atoms with Gasteiger partial charge in [-0.3, -0.25) is 19.7 Å². The smallest absolute Gasteiger partial charge is 0.269 e. The van der Waals surface area contributed by atoms with Crippen LogP contribution >= 0.6 is 0 Å². The van der Waals surface area contributed by atoms with E-state index in [1.54, 1.807) is 54.6 Å². The topological polar surface area (TPSA) is 141 Å². The summed E-state index contributed by atoms with van der Waals surface area (Å²) >= 11 is 0. The zero-order valence-electron chi connectivity index (χ0n) is 18.3. The lowest BCUT2D eigenvalue weighted by Gasteiger charge is -2.06. The molecule has 0 saturated carbocycles. The third kappa shape index (κ3) is 6.32. The van der Waals surface area contributed by atoms with E-state index in [2.05, 4.69) is 15.8 Å². The van der Waals surface area contributed by atoms with Gasteiger partial charge in [-0.05, 0) is 65.7 Å². The molecule has 3 aromatic rings. The van der Waals surface area contributed by atoms with Gasteiger partial charge in [-0.1, -0.05) is 0 Å². The lowest BCUT2D eigenvalue weighted by molar-refractivity contribution is -0.384. The molecule has 1 heterocycles. The molecule has 0 bridgehead atoms. The fraction of sp³-hybridized carbons (Fsp3) is 0.125. The number of nitrogens with one attached hydrogen (secondary N) is 2. The molecule has 11 heteroatoms. The van der Waals surface area contributed by atoms with Gasteiger partial charge in [0.05, 0.1) is 17.7 Å². The summed E-state index contributed by atoms with van der Waals surface area (Å²) in [5.41, 5.74) is 4.24. The van der Waals surface area contributed by atoms with Crippen LogP contribution < -0.4 is 25.0 Å². The van der Waals surface area contributed by atoms with E-state index >= 15 is 0 Å². The third-order valence-electron chi connectivity index (χ3n) is 4.88. The van der Waals surface area contributed by atoms with Gasteiger partial charge in [0.1, 0.15) is 12.4 Å². The Labute approximate surface area is 199 Å². The summed E-state index contributed by atoms with van der Waals surface area (Å²) in [6.07, 6.45) is 1.46. The van der Waals surface area contributed by atoms with Gasteiger partial charge in [-0.15, -0.1) is 0 Å². The third-order valence-corrected chi connectivity index (χ3v) is 4.88. The highest BCUT2D eigenvalue weighted by Gasteiger charge is 2.16. The summed E-state index contributed by atoms with van der Waals surface area (Å²) in [5.74, 6) is 0.744. The number of fused-ring (bicyclic) bond motifs is 1. The number of nitrogens with zero attached hydrogens (tertiary/aromatic N) is 2. The molecule has 0 atom stereocenters. The largest absolute Gasteiger partial charge is 0.489 e. The van der Waals surface area contributed by atoms with Gasteiger partial charge in [0.25, 0.3) is 17.5 Å². The first-order valence-electron chi connectivity index (χ1n) is 10.4. The van der Waals surface area contributed by atoms with E-state index < -0.39 is 16.7 Å². The number of carbonyl (C=O) groups is 2. The predicted octanol–water partition coefficient (Wildman–Crippen LogP) is 2.78. The minimum Gasteiger partial charge on any atom is -0.489 e. The standard InChI is InChI=1S/C24H20N4O7/c29-23(13-25-24(30)18-5-10-21-22(11-18)35-15-34-21)27-26-12-16-3-8-20(9-4-16)33-14-17-1-6-19(7-2-17)28(31)32/h1-12H,13-15H2,(H,25,30)(H,27,29)/b26-12-. The van der Waals surface area contributed by atoms with Crippen molar-refractivity contribution in [3.8, 4) is 17.2 Å². The SMILES string of the molecule is O=C(CNC(=O)c1ccc2c(c1)OCO2)N/N=C\c1ccc(OCc2ccc([N+](=O)[O-])cc2)cc1. The number of carbonyl (C=O) groups excluding carboxylic acids is 2. The number of hydrazone groups is 1. The number of nitro benzene ring substituents is 1. The number of nitro groups is 1. The Morgan fingerprint density at radius 1 is 1.03 bits per heavy atom. The number of hydrogen-bond acceptors (Lipinski definition) is 8. The molecule has 2 N–H and O–H groups in total. The molecule has 3 aromatic carbocycles. The van der Waals surface area contributed by atoms with Crippen molar-refractivity contribution in [3.05, 3.63) is 93.5 Å². The Bertz CT molecular complexity index is 1260. The van der Waals surface area contributed by atoms with Crippen LogP contribution in [0, 0.1) is 10.1 Å². The maximum absolute atomic E-state index is 12.2. The number of hydrogen-bond donors (Lipinski definition) is 2. The van der Waals surface area contributed by atoms with E-state index in [0.717, 1.165) is 11.1 Å². The summed E-state index contributed by atoms with van der Waals surface area (Å²) in [7, 11) is 0. The Morgan fingerprint density at radius 2 is 1.77 bits per heavy atom. The Kier molecular flexibility index (Phi) is 7.16. The van der Waals surface area contributed by atoms with Gasteiger partial charge in [0.15, 0.2) is 11.5 Å². The van der Waals surface area contributed by atoms with E-state index in [1.807, 2.05) is 0 Å².